The van der Waals surface area contributed by atoms with Gasteiger partial charge in [-0.05, 0) is 109 Å². The molecule has 12 heteroatoms. The van der Waals surface area contributed by atoms with E-state index in [9.17, 15) is 28.9 Å². The fourth-order valence-electron chi connectivity index (χ4n) is 6.40. The van der Waals surface area contributed by atoms with E-state index < -0.39 is 57.8 Å². The molecule has 0 aromatic heterocycles. The Bertz CT molecular complexity index is 1630. The molecule has 0 heterocycles. The van der Waals surface area contributed by atoms with E-state index in [0.717, 1.165) is 96.3 Å². The SMILES string of the molecule is CC/C=C\C/C=C\C/C=C\C/C=C\C/C=C\CCCC(=O)OC(COC(=O)CCCCCCC/C=C\CCCCCC)COP(=O)(O)OCC(CO)OC(=O)CC/C=C\C/C=C\C/C=C\C/C=C\CC. The standard InChI is InChI=1S/C58H93O11P/c1-4-7-10-13-16-19-22-25-26-27-28-31-34-37-40-43-46-49-58(62)69-55(51-65-56(60)47-44-41-38-35-32-29-23-20-17-14-11-8-5-2)53-67-70(63,64)66-52-54(50-59)68-57(61)48-45-42-39-36-33-30-24-21-18-15-12-9-6-3/h7,9-10,12,16,18-21,23,25-26,28,30-31,33,37,39-40,42,54-55,59H,4-6,8,11,13-15,17,22,24,27,29,32,34-36,38,41,43-53H2,1-3H3,(H,63,64)/b10-7-,12-9-,19-16-,21-18-,23-20-,26-25-,31-28-,33-30-,40-37-,42-39-. The van der Waals surface area contributed by atoms with Crippen LogP contribution in [0, 0.1) is 0 Å². The molecule has 0 aliphatic carbocycles. The lowest BCUT2D eigenvalue weighted by Crippen LogP contribution is -2.30. The Morgan fingerprint density at radius 2 is 0.786 bits per heavy atom. The van der Waals surface area contributed by atoms with Crippen LogP contribution < -0.4 is 0 Å². The Hall–Kier alpha value is -4.12. The van der Waals surface area contributed by atoms with E-state index in [4.69, 9.17) is 23.3 Å². The van der Waals surface area contributed by atoms with E-state index in [2.05, 4.69) is 112 Å². The second-order valence-electron chi connectivity index (χ2n) is 16.9. The maximum Gasteiger partial charge on any atom is 0.472 e. The van der Waals surface area contributed by atoms with Gasteiger partial charge in [0.1, 0.15) is 12.7 Å². The molecule has 0 saturated carbocycles. The summed E-state index contributed by atoms with van der Waals surface area (Å²) < 4.78 is 39.2. The highest BCUT2D eigenvalue weighted by molar-refractivity contribution is 7.47. The number of carbonyl (C=O) groups excluding carboxylic acids is 3. The number of hydrogen-bond donors (Lipinski definition) is 2. The van der Waals surface area contributed by atoms with Crippen molar-refractivity contribution in [1.82, 2.24) is 0 Å². The lowest BCUT2D eigenvalue weighted by atomic mass is 10.1. The van der Waals surface area contributed by atoms with Crippen molar-refractivity contribution in [3.63, 3.8) is 0 Å². The van der Waals surface area contributed by atoms with Crippen LogP contribution in [0.15, 0.2) is 122 Å². The smallest absolute Gasteiger partial charge is 0.462 e. The molecule has 0 rings (SSSR count). The molecule has 0 aromatic rings. The zero-order valence-electron chi connectivity index (χ0n) is 43.4. The predicted octanol–water partition coefficient (Wildman–Crippen LogP) is 15.2. The summed E-state index contributed by atoms with van der Waals surface area (Å²) in [7, 11) is -4.78. The van der Waals surface area contributed by atoms with Crippen LogP contribution in [-0.2, 0) is 42.2 Å². The van der Waals surface area contributed by atoms with Gasteiger partial charge >= 0.3 is 25.7 Å². The molecule has 11 nitrogen and oxygen atoms in total. The molecule has 0 aliphatic rings. The Morgan fingerprint density at radius 1 is 0.414 bits per heavy atom. The van der Waals surface area contributed by atoms with Crippen molar-refractivity contribution in [1.29, 1.82) is 0 Å². The van der Waals surface area contributed by atoms with Crippen LogP contribution in [0.3, 0.4) is 0 Å². The van der Waals surface area contributed by atoms with Crippen molar-refractivity contribution in [2.75, 3.05) is 26.4 Å². The molecule has 2 N–H and O–H groups in total. The van der Waals surface area contributed by atoms with Gasteiger partial charge in [-0.3, -0.25) is 23.4 Å². The average molecular weight is 997 g/mol. The third-order valence-electron chi connectivity index (χ3n) is 10.4. The van der Waals surface area contributed by atoms with E-state index >= 15 is 0 Å². The Kier molecular flexibility index (Phi) is 48.2. The minimum Gasteiger partial charge on any atom is -0.462 e. The lowest BCUT2D eigenvalue weighted by molar-refractivity contribution is -0.161. The summed E-state index contributed by atoms with van der Waals surface area (Å²) in [5.41, 5.74) is 0. The first-order chi connectivity index (χ1) is 34.2. The molecule has 0 radical (unpaired) electrons. The first-order valence-corrected chi connectivity index (χ1v) is 27.9. The molecule has 0 bridgehead atoms. The molecule has 0 spiro atoms. The van der Waals surface area contributed by atoms with Crippen molar-refractivity contribution >= 4 is 25.7 Å². The van der Waals surface area contributed by atoms with Gasteiger partial charge in [-0.15, -0.1) is 0 Å². The number of carbonyl (C=O) groups is 3. The first kappa shape index (κ1) is 65.9. The van der Waals surface area contributed by atoms with Crippen molar-refractivity contribution in [3.05, 3.63) is 122 Å². The molecule has 0 fully saturated rings. The monoisotopic (exact) mass is 997 g/mol. The maximum absolute atomic E-state index is 12.8. The van der Waals surface area contributed by atoms with Gasteiger partial charge in [0, 0.05) is 19.3 Å². The number of phosphoric ester groups is 1. The number of aliphatic hydroxyl groups excluding tert-OH is 1. The van der Waals surface area contributed by atoms with Crippen LogP contribution >= 0.6 is 7.82 Å². The molecule has 0 aromatic carbocycles. The van der Waals surface area contributed by atoms with Crippen LogP contribution in [0.25, 0.3) is 0 Å². The number of hydrogen-bond acceptors (Lipinski definition) is 10. The maximum atomic E-state index is 12.8. The van der Waals surface area contributed by atoms with E-state index in [1.807, 2.05) is 30.4 Å². The van der Waals surface area contributed by atoms with E-state index in [0.29, 0.717) is 25.7 Å². The summed E-state index contributed by atoms with van der Waals surface area (Å²) in [5, 5.41) is 9.76. The van der Waals surface area contributed by atoms with Gasteiger partial charge in [-0.1, -0.05) is 181 Å². The zero-order chi connectivity index (χ0) is 51.3. The number of aliphatic hydroxyl groups is 1. The molecule has 70 heavy (non-hydrogen) atoms. The number of unbranched alkanes of at least 4 members (excludes halogenated alkanes) is 10. The van der Waals surface area contributed by atoms with E-state index in [1.165, 1.54) is 25.7 Å². The Balaban J connectivity index is 4.93. The summed E-state index contributed by atoms with van der Waals surface area (Å²) >= 11 is 0. The van der Waals surface area contributed by atoms with E-state index in [-0.39, 0.29) is 25.9 Å². The summed E-state index contributed by atoms with van der Waals surface area (Å²) in [6, 6.07) is 0. The predicted molar refractivity (Wildman–Crippen MR) is 288 cm³/mol. The number of phosphoric acid groups is 1. The van der Waals surface area contributed by atoms with Gasteiger partial charge in [0.2, 0.25) is 0 Å². The molecule has 396 valence electrons. The fourth-order valence-corrected chi connectivity index (χ4v) is 7.18. The number of rotatable bonds is 47. The summed E-state index contributed by atoms with van der Waals surface area (Å²) in [6.45, 7) is 4.20. The molecule has 3 unspecified atom stereocenters. The Labute approximate surface area is 424 Å². The summed E-state index contributed by atoms with van der Waals surface area (Å²) in [5.74, 6) is -1.65. The van der Waals surface area contributed by atoms with Gasteiger partial charge in [0.15, 0.2) is 6.10 Å². The fraction of sp³-hybridized carbons (Fsp3) is 0.603. The second-order valence-corrected chi connectivity index (χ2v) is 18.4. The van der Waals surface area contributed by atoms with E-state index in [1.54, 1.807) is 0 Å². The van der Waals surface area contributed by atoms with Gasteiger partial charge in [0.25, 0.3) is 0 Å². The summed E-state index contributed by atoms with van der Waals surface area (Å²) in [4.78, 5) is 48.3. The normalized spacial score (nSPS) is 14.4. The first-order valence-electron chi connectivity index (χ1n) is 26.4. The van der Waals surface area contributed by atoms with Crippen LogP contribution in [0.2, 0.25) is 0 Å². The molecular formula is C58H93O11P. The lowest BCUT2D eigenvalue weighted by Gasteiger charge is -2.21. The van der Waals surface area contributed by atoms with Crippen molar-refractivity contribution < 1.29 is 52.2 Å². The van der Waals surface area contributed by atoms with Crippen molar-refractivity contribution in [2.45, 2.75) is 200 Å². The van der Waals surface area contributed by atoms with Crippen LogP contribution in [0.1, 0.15) is 188 Å². The molecule has 0 saturated heterocycles. The number of allylic oxidation sites excluding steroid dienone is 20. The molecule has 3 atom stereocenters. The quantitative estimate of drug-likeness (QED) is 0.0197. The van der Waals surface area contributed by atoms with Gasteiger partial charge in [-0.2, -0.15) is 0 Å². The van der Waals surface area contributed by atoms with Crippen LogP contribution in [0.5, 0.6) is 0 Å². The van der Waals surface area contributed by atoms with Gasteiger partial charge in [0.05, 0.1) is 19.8 Å². The van der Waals surface area contributed by atoms with Gasteiger partial charge in [-0.25, -0.2) is 4.57 Å². The number of ether oxygens (including phenoxy) is 3. The average Bonchev–Trinajstić information content (AvgIpc) is 3.35. The Morgan fingerprint density at radius 3 is 1.29 bits per heavy atom. The highest BCUT2D eigenvalue weighted by Crippen LogP contribution is 2.43. The molecular weight excluding hydrogens is 904 g/mol. The highest BCUT2D eigenvalue weighted by atomic mass is 31.2. The highest BCUT2D eigenvalue weighted by Gasteiger charge is 2.28. The zero-order valence-corrected chi connectivity index (χ0v) is 44.3. The minimum absolute atomic E-state index is 0.0449. The third kappa shape index (κ3) is 48.9. The molecule has 0 aliphatic heterocycles. The van der Waals surface area contributed by atoms with Crippen LogP contribution in [-0.4, -0.2) is 66.5 Å². The minimum atomic E-state index is -4.78. The second kappa shape index (κ2) is 51.2. The van der Waals surface area contributed by atoms with Gasteiger partial charge < -0.3 is 24.2 Å². The topological polar surface area (TPSA) is 155 Å². The number of esters is 3. The van der Waals surface area contributed by atoms with Crippen molar-refractivity contribution in [2.24, 2.45) is 0 Å². The molecule has 0 amide bonds. The van der Waals surface area contributed by atoms with Crippen LogP contribution in [0.4, 0.5) is 0 Å². The van der Waals surface area contributed by atoms with Crippen molar-refractivity contribution in [3.8, 4) is 0 Å². The largest absolute Gasteiger partial charge is 0.472 e. The summed E-state index contributed by atoms with van der Waals surface area (Å²) in [6.07, 6.45) is 61.9. The third-order valence-corrected chi connectivity index (χ3v) is 11.3.